The molecule has 1 aromatic carbocycles. The molecule has 6 nitrogen and oxygen atoms in total. The second-order valence-corrected chi connectivity index (χ2v) is 7.35. The number of hydrogen-bond donors (Lipinski definition) is 0. The van der Waals surface area contributed by atoms with Gasteiger partial charge in [-0.25, -0.2) is 0 Å². The van der Waals surface area contributed by atoms with Gasteiger partial charge in [-0.15, -0.1) is 10.2 Å². The molecule has 0 saturated carbocycles. The van der Waals surface area contributed by atoms with Crippen molar-refractivity contribution in [3.05, 3.63) is 54.4 Å². The van der Waals surface area contributed by atoms with Crippen LogP contribution in [0.3, 0.4) is 0 Å². The average molecular weight is 379 g/mol. The fourth-order valence-corrected chi connectivity index (χ4v) is 4.17. The summed E-state index contributed by atoms with van der Waals surface area (Å²) in [7, 11) is 0. The molecule has 7 heteroatoms. The summed E-state index contributed by atoms with van der Waals surface area (Å²) < 4.78 is 2.08. The lowest BCUT2D eigenvalue weighted by atomic mass is 10.2. The number of aromatic nitrogens is 4. The molecule has 3 heterocycles. The fourth-order valence-electron chi connectivity index (χ4n) is 3.33. The number of nitrogens with zero attached hydrogens (tertiary/aromatic N) is 5. The SMILES string of the molecule is CCCn1c(SCC(=O)N2CCc3ccccc32)nnc1-c1cccnc1. The van der Waals surface area contributed by atoms with E-state index in [1.807, 2.05) is 35.2 Å². The zero-order valence-electron chi connectivity index (χ0n) is 15.2. The van der Waals surface area contributed by atoms with Crippen LogP contribution < -0.4 is 4.90 Å². The Morgan fingerprint density at radius 2 is 2.07 bits per heavy atom. The first-order chi connectivity index (χ1) is 13.3. The van der Waals surface area contributed by atoms with E-state index in [4.69, 9.17) is 0 Å². The number of thioether (sulfide) groups is 1. The molecule has 0 saturated heterocycles. The molecule has 3 aromatic rings. The van der Waals surface area contributed by atoms with Gasteiger partial charge in [0, 0.05) is 36.7 Å². The van der Waals surface area contributed by atoms with Crippen LogP contribution in [0.15, 0.2) is 53.9 Å². The van der Waals surface area contributed by atoms with E-state index in [-0.39, 0.29) is 5.91 Å². The molecule has 1 aliphatic heterocycles. The lowest BCUT2D eigenvalue weighted by molar-refractivity contribution is -0.116. The van der Waals surface area contributed by atoms with Crippen LogP contribution in [-0.4, -0.2) is 38.0 Å². The smallest absolute Gasteiger partial charge is 0.237 e. The Bertz CT molecular complexity index is 941. The van der Waals surface area contributed by atoms with Gasteiger partial charge in [0.25, 0.3) is 0 Å². The van der Waals surface area contributed by atoms with Crippen molar-refractivity contribution in [2.75, 3.05) is 17.2 Å². The summed E-state index contributed by atoms with van der Waals surface area (Å²) in [5, 5.41) is 9.45. The molecule has 0 spiro atoms. The van der Waals surface area contributed by atoms with Gasteiger partial charge < -0.3 is 9.47 Å². The standard InChI is InChI=1S/C20H21N5OS/c1-2-11-25-19(16-7-5-10-21-13-16)22-23-20(25)27-14-18(26)24-12-9-15-6-3-4-8-17(15)24/h3-8,10,13H,2,9,11-12,14H2,1H3. The summed E-state index contributed by atoms with van der Waals surface area (Å²) in [4.78, 5) is 18.8. The van der Waals surface area contributed by atoms with E-state index in [0.29, 0.717) is 5.75 Å². The maximum absolute atomic E-state index is 12.8. The first-order valence-corrected chi connectivity index (χ1v) is 10.1. The summed E-state index contributed by atoms with van der Waals surface area (Å²) >= 11 is 1.45. The minimum atomic E-state index is 0.110. The fraction of sp³-hybridized carbons (Fsp3) is 0.300. The summed E-state index contributed by atoms with van der Waals surface area (Å²) in [6.45, 7) is 3.68. The highest BCUT2D eigenvalue weighted by molar-refractivity contribution is 7.99. The Hall–Kier alpha value is -2.67. The number of pyridine rings is 1. The molecule has 1 amide bonds. The van der Waals surface area contributed by atoms with Gasteiger partial charge in [0.05, 0.1) is 5.75 Å². The highest BCUT2D eigenvalue weighted by Crippen LogP contribution is 2.29. The van der Waals surface area contributed by atoms with Gasteiger partial charge in [-0.05, 0) is 36.6 Å². The van der Waals surface area contributed by atoms with Gasteiger partial charge in [0.2, 0.25) is 5.91 Å². The van der Waals surface area contributed by atoms with Crippen LogP contribution in [0.2, 0.25) is 0 Å². The Balaban J connectivity index is 1.50. The van der Waals surface area contributed by atoms with Crippen LogP contribution in [0.1, 0.15) is 18.9 Å². The van der Waals surface area contributed by atoms with E-state index < -0.39 is 0 Å². The Labute approximate surface area is 162 Å². The summed E-state index contributed by atoms with van der Waals surface area (Å²) in [5.74, 6) is 1.26. The van der Waals surface area contributed by atoms with E-state index >= 15 is 0 Å². The first kappa shape index (κ1) is 17.7. The van der Waals surface area contributed by atoms with Crippen molar-refractivity contribution in [2.45, 2.75) is 31.5 Å². The molecule has 0 atom stereocenters. The highest BCUT2D eigenvalue weighted by Gasteiger charge is 2.25. The second-order valence-electron chi connectivity index (χ2n) is 6.41. The van der Waals surface area contributed by atoms with Crippen molar-refractivity contribution < 1.29 is 4.79 Å². The number of fused-ring (bicyclic) bond motifs is 1. The van der Waals surface area contributed by atoms with Crippen LogP contribution in [0.5, 0.6) is 0 Å². The van der Waals surface area contributed by atoms with Crippen molar-refractivity contribution in [1.29, 1.82) is 0 Å². The zero-order chi connectivity index (χ0) is 18.6. The molecule has 4 rings (SSSR count). The van der Waals surface area contributed by atoms with Crippen LogP contribution in [0.25, 0.3) is 11.4 Å². The minimum Gasteiger partial charge on any atom is -0.311 e. The number of para-hydroxylation sites is 1. The molecule has 1 aliphatic rings. The number of benzene rings is 1. The zero-order valence-corrected chi connectivity index (χ0v) is 16.0. The van der Waals surface area contributed by atoms with Gasteiger partial charge >= 0.3 is 0 Å². The molecule has 0 unspecified atom stereocenters. The molecular weight excluding hydrogens is 358 g/mol. The normalized spacial score (nSPS) is 13.0. The molecule has 0 bridgehead atoms. The minimum absolute atomic E-state index is 0.110. The van der Waals surface area contributed by atoms with Gasteiger partial charge in [0.15, 0.2) is 11.0 Å². The predicted molar refractivity (Wildman–Crippen MR) is 107 cm³/mol. The first-order valence-electron chi connectivity index (χ1n) is 9.12. The maximum atomic E-state index is 12.8. The topological polar surface area (TPSA) is 63.9 Å². The van der Waals surface area contributed by atoms with Crippen molar-refractivity contribution in [2.24, 2.45) is 0 Å². The number of hydrogen-bond acceptors (Lipinski definition) is 5. The molecule has 0 radical (unpaired) electrons. The van der Waals surface area contributed by atoms with Crippen molar-refractivity contribution in [1.82, 2.24) is 19.7 Å². The van der Waals surface area contributed by atoms with E-state index in [1.165, 1.54) is 17.3 Å². The van der Waals surface area contributed by atoms with Crippen LogP contribution >= 0.6 is 11.8 Å². The third-order valence-electron chi connectivity index (χ3n) is 4.60. The third-order valence-corrected chi connectivity index (χ3v) is 5.55. The predicted octanol–water partition coefficient (Wildman–Crippen LogP) is 3.43. The molecule has 0 N–H and O–H groups in total. The lowest BCUT2D eigenvalue weighted by Gasteiger charge is -2.17. The van der Waals surface area contributed by atoms with E-state index in [2.05, 4.69) is 32.7 Å². The molecule has 0 aliphatic carbocycles. The number of amides is 1. The largest absolute Gasteiger partial charge is 0.311 e. The number of carbonyl (C=O) groups is 1. The molecule has 0 fully saturated rings. The average Bonchev–Trinajstić information content (AvgIpc) is 3.31. The molecule has 27 heavy (non-hydrogen) atoms. The van der Waals surface area contributed by atoms with Gasteiger partial charge in [-0.1, -0.05) is 36.9 Å². The monoisotopic (exact) mass is 379 g/mol. The van der Waals surface area contributed by atoms with Crippen molar-refractivity contribution in [3.8, 4) is 11.4 Å². The Kier molecular flexibility index (Phi) is 5.20. The van der Waals surface area contributed by atoms with Crippen LogP contribution in [0, 0.1) is 0 Å². The molecule has 2 aromatic heterocycles. The third kappa shape index (κ3) is 3.60. The quantitative estimate of drug-likeness (QED) is 0.614. The summed E-state index contributed by atoms with van der Waals surface area (Å²) in [6, 6.07) is 12.0. The summed E-state index contributed by atoms with van der Waals surface area (Å²) in [6.07, 6.45) is 5.42. The van der Waals surface area contributed by atoms with Crippen molar-refractivity contribution >= 4 is 23.4 Å². The Morgan fingerprint density at radius 3 is 2.89 bits per heavy atom. The van der Waals surface area contributed by atoms with Gasteiger partial charge in [-0.3, -0.25) is 9.78 Å². The number of rotatable bonds is 6. The highest BCUT2D eigenvalue weighted by atomic mass is 32.2. The van der Waals surface area contributed by atoms with Crippen molar-refractivity contribution in [3.63, 3.8) is 0 Å². The van der Waals surface area contributed by atoms with Crippen LogP contribution in [0.4, 0.5) is 5.69 Å². The van der Waals surface area contributed by atoms with E-state index in [0.717, 1.165) is 48.2 Å². The van der Waals surface area contributed by atoms with Gasteiger partial charge in [-0.2, -0.15) is 0 Å². The Morgan fingerprint density at radius 1 is 1.19 bits per heavy atom. The van der Waals surface area contributed by atoms with Crippen LogP contribution in [-0.2, 0) is 17.8 Å². The van der Waals surface area contributed by atoms with E-state index in [9.17, 15) is 4.79 Å². The summed E-state index contributed by atoms with van der Waals surface area (Å²) in [5.41, 5.74) is 3.21. The maximum Gasteiger partial charge on any atom is 0.237 e. The number of carbonyl (C=O) groups excluding carboxylic acids is 1. The molecular formula is C20H21N5OS. The lowest BCUT2D eigenvalue weighted by Crippen LogP contribution is -2.30. The van der Waals surface area contributed by atoms with Gasteiger partial charge in [0.1, 0.15) is 0 Å². The number of anilines is 1. The molecule has 138 valence electrons. The second kappa shape index (κ2) is 7.92. The van der Waals surface area contributed by atoms with E-state index in [1.54, 1.807) is 12.4 Å².